The Morgan fingerprint density at radius 1 is 0.630 bits per heavy atom. The number of aliphatic hydroxyl groups excluding tert-OH is 1. The van der Waals surface area contributed by atoms with Crippen molar-refractivity contribution < 1.29 is 57.4 Å². The Balaban J connectivity index is 2.98. The molecule has 1 saturated carbocycles. The summed E-state index contributed by atoms with van der Waals surface area (Å²) in [4.78, 5) is 38.4. The second kappa shape index (κ2) is 20.4. The molecule has 1 fully saturated rings. The van der Waals surface area contributed by atoms with Gasteiger partial charge >= 0.3 is 18.1 Å². The highest BCUT2D eigenvalue weighted by molar-refractivity contribution is 5.79. The summed E-state index contributed by atoms with van der Waals surface area (Å²) >= 11 is 0. The average Bonchev–Trinajstić information content (AvgIpc) is 2.91. The first-order valence-electron chi connectivity index (χ1n) is 16.8. The number of hydrogen-bond acceptors (Lipinski definition) is 12. The fourth-order valence-corrected chi connectivity index (χ4v) is 5.18. The highest BCUT2D eigenvalue weighted by atomic mass is 16.7. The molecule has 0 spiro atoms. The van der Waals surface area contributed by atoms with Crippen molar-refractivity contribution in [2.45, 2.75) is 181 Å². The first-order chi connectivity index (χ1) is 21.3. The summed E-state index contributed by atoms with van der Waals surface area (Å²) in [5.74, 6) is -0.993. The zero-order chi connectivity index (χ0) is 35.1. The van der Waals surface area contributed by atoms with Gasteiger partial charge in [-0.25, -0.2) is 14.4 Å². The van der Waals surface area contributed by atoms with E-state index in [4.69, 9.17) is 37.9 Å². The summed E-state index contributed by atoms with van der Waals surface area (Å²) in [6, 6.07) is 0. The molecular weight excluding hydrogens is 600 g/mol. The van der Waals surface area contributed by atoms with E-state index in [-0.39, 0.29) is 50.3 Å². The number of rotatable bonds is 17. The van der Waals surface area contributed by atoms with Crippen LogP contribution >= 0.6 is 0 Å². The summed E-state index contributed by atoms with van der Waals surface area (Å²) in [5.41, 5.74) is -2.47. The standard InChI is InChI=1S/C34H62O12/c1-22(2)42-25(6)20-39-30(36)33(8,9)45-27-14-12-16-28(44-32(38)41-19-24(5)35)18-29(17-13-15-27)46-34(10,11)31(37)40-21-26(7)43-23(3)4/h22-29,35H,12-21H2,1-11H3. The molecule has 0 radical (unpaired) electrons. The van der Waals surface area contributed by atoms with Crippen molar-refractivity contribution in [2.24, 2.45) is 0 Å². The molecule has 12 heteroatoms. The fourth-order valence-electron chi connectivity index (χ4n) is 5.18. The van der Waals surface area contributed by atoms with Crippen LogP contribution in [0.4, 0.5) is 4.79 Å². The predicted molar refractivity (Wildman–Crippen MR) is 171 cm³/mol. The monoisotopic (exact) mass is 662 g/mol. The molecule has 0 aromatic heterocycles. The molecule has 0 amide bonds. The Kier molecular flexibility index (Phi) is 18.6. The van der Waals surface area contributed by atoms with Gasteiger partial charge in [-0.2, -0.15) is 0 Å². The van der Waals surface area contributed by atoms with Gasteiger partial charge in [-0.05, 0) is 115 Å². The van der Waals surface area contributed by atoms with Gasteiger partial charge in [0, 0.05) is 6.42 Å². The van der Waals surface area contributed by atoms with Gasteiger partial charge in [0.25, 0.3) is 0 Å². The normalized spacial score (nSPS) is 22.1. The Bertz CT molecular complexity index is 901. The summed E-state index contributed by atoms with van der Waals surface area (Å²) in [7, 11) is 0. The molecule has 0 aliphatic heterocycles. The van der Waals surface area contributed by atoms with E-state index in [2.05, 4.69) is 0 Å². The number of carbonyl (C=O) groups excluding carboxylic acids is 3. The van der Waals surface area contributed by atoms with Crippen molar-refractivity contribution in [3.8, 4) is 0 Å². The summed E-state index contributed by atoms with van der Waals surface area (Å²) in [6.45, 7) is 19.6. The van der Waals surface area contributed by atoms with Gasteiger partial charge in [0.15, 0.2) is 11.2 Å². The molecule has 1 aliphatic carbocycles. The van der Waals surface area contributed by atoms with E-state index in [0.717, 1.165) is 0 Å². The fraction of sp³-hybridized carbons (Fsp3) is 0.912. The zero-order valence-electron chi connectivity index (χ0n) is 30.1. The third-order valence-corrected chi connectivity index (χ3v) is 7.15. The summed E-state index contributed by atoms with van der Waals surface area (Å²) in [5, 5.41) is 9.50. The van der Waals surface area contributed by atoms with Crippen molar-refractivity contribution in [1.29, 1.82) is 0 Å². The van der Waals surface area contributed by atoms with Crippen molar-refractivity contribution >= 4 is 18.1 Å². The first kappa shape index (κ1) is 42.0. The van der Waals surface area contributed by atoms with Gasteiger partial charge in [0.2, 0.25) is 0 Å². The molecule has 46 heavy (non-hydrogen) atoms. The zero-order valence-corrected chi connectivity index (χ0v) is 30.1. The lowest BCUT2D eigenvalue weighted by atomic mass is 9.94. The maximum Gasteiger partial charge on any atom is 0.508 e. The van der Waals surface area contributed by atoms with Gasteiger partial charge in [-0.1, -0.05) is 0 Å². The van der Waals surface area contributed by atoms with Crippen LogP contribution in [-0.2, 0) is 47.5 Å². The highest BCUT2D eigenvalue weighted by Gasteiger charge is 2.37. The SMILES string of the molecule is CC(O)COC(=O)OC1CCCC(OC(C)(C)C(=O)OCC(C)OC(C)C)CCCC(OC(C)(C)C(=O)OCC(C)OC(C)C)C1. The van der Waals surface area contributed by atoms with E-state index in [1.165, 1.54) is 6.92 Å². The maximum atomic E-state index is 13.0. The number of carbonyl (C=O) groups is 3. The van der Waals surface area contributed by atoms with Crippen LogP contribution in [0, 0.1) is 0 Å². The van der Waals surface area contributed by atoms with Gasteiger partial charge in [0.05, 0.1) is 42.7 Å². The van der Waals surface area contributed by atoms with Crippen LogP contribution in [-0.4, -0.2) is 103 Å². The molecular formula is C34H62O12. The molecule has 6 atom stereocenters. The smallest absolute Gasteiger partial charge is 0.461 e. The third-order valence-electron chi connectivity index (χ3n) is 7.15. The Hall–Kier alpha value is -1.99. The van der Waals surface area contributed by atoms with Gasteiger partial charge < -0.3 is 43.0 Å². The van der Waals surface area contributed by atoms with Crippen LogP contribution in [0.2, 0.25) is 0 Å². The van der Waals surface area contributed by atoms with E-state index in [1.54, 1.807) is 27.7 Å². The highest BCUT2D eigenvalue weighted by Crippen LogP contribution is 2.29. The van der Waals surface area contributed by atoms with Crippen molar-refractivity contribution in [2.75, 3.05) is 19.8 Å². The summed E-state index contributed by atoms with van der Waals surface area (Å²) in [6.07, 6.45) is 0.451. The van der Waals surface area contributed by atoms with Crippen LogP contribution < -0.4 is 0 Å². The van der Waals surface area contributed by atoms with Gasteiger partial charge in [-0.15, -0.1) is 0 Å². The predicted octanol–water partition coefficient (Wildman–Crippen LogP) is 5.67. The lowest BCUT2D eigenvalue weighted by Crippen LogP contribution is -2.43. The van der Waals surface area contributed by atoms with Crippen LogP contribution in [0.1, 0.15) is 121 Å². The van der Waals surface area contributed by atoms with Crippen molar-refractivity contribution in [3.05, 3.63) is 0 Å². The Labute approximate surface area is 276 Å². The lowest BCUT2D eigenvalue weighted by molar-refractivity contribution is -0.183. The van der Waals surface area contributed by atoms with Crippen molar-refractivity contribution in [3.63, 3.8) is 0 Å². The summed E-state index contributed by atoms with van der Waals surface area (Å²) < 4.78 is 45.7. The molecule has 270 valence electrons. The quantitative estimate of drug-likeness (QED) is 0.151. The average molecular weight is 663 g/mol. The third kappa shape index (κ3) is 17.8. The molecule has 0 aromatic carbocycles. The van der Waals surface area contributed by atoms with Crippen LogP contribution in [0.15, 0.2) is 0 Å². The molecule has 1 rings (SSSR count). The van der Waals surface area contributed by atoms with Crippen molar-refractivity contribution in [1.82, 2.24) is 0 Å². The lowest BCUT2D eigenvalue weighted by Gasteiger charge is -2.34. The second-order valence-corrected chi connectivity index (χ2v) is 13.9. The molecule has 0 bridgehead atoms. The first-order valence-corrected chi connectivity index (χ1v) is 16.8. The minimum absolute atomic E-state index is 0.00200. The topological polar surface area (TPSA) is 145 Å². The second-order valence-electron chi connectivity index (χ2n) is 13.9. The number of esters is 2. The molecule has 6 unspecified atom stereocenters. The van der Waals surface area contributed by atoms with Crippen LogP contribution in [0.25, 0.3) is 0 Å². The van der Waals surface area contributed by atoms with Crippen LogP contribution in [0.3, 0.4) is 0 Å². The van der Waals surface area contributed by atoms with E-state index < -0.39 is 47.6 Å². The van der Waals surface area contributed by atoms with Crippen LogP contribution in [0.5, 0.6) is 0 Å². The number of aliphatic hydroxyl groups is 1. The number of ether oxygens (including phenoxy) is 8. The minimum Gasteiger partial charge on any atom is -0.461 e. The molecule has 1 N–H and O–H groups in total. The van der Waals surface area contributed by atoms with Gasteiger partial charge in [-0.3, -0.25) is 0 Å². The molecule has 1 aliphatic rings. The Morgan fingerprint density at radius 2 is 1.04 bits per heavy atom. The van der Waals surface area contributed by atoms with Gasteiger partial charge in [0.1, 0.15) is 25.9 Å². The van der Waals surface area contributed by atoms with E-state index in [0.29, 0.717) is 44.9 Å². The molecule has 12 nitrogen and oxygen atoms in total. The largest absolute Gasteiger partial charge is 0.508 e. The Morgan fingerprint density at radius 3 is 1.48 bits per heavy atom. The van der Waals surface area contributed by atoms with E-state index >= 15 is 0 Å². The minimum atomic E-state index is -1.28. The maximum absolute atomic E-state index is 13.0. The molecule has 0 heterocycles. The van der Waals surface area contributed by atoms with E-state index in [1.807, 2.05) is 41.5 Å². The molecule has 0 aromatic rings. The molecule has 0 saturated heterocycles. The van der Waals surface area contributed by atoms with E-state index in [9.17, 15) is 19.5 Å². The number of hydrogen-bond donors (Lipinski definition) is 1.